The van der Waals surface area contributed by atoms with E-state index in [1.165, 1.54) is 40.3 Å². The second kappa shape index (κ2) is 8.99. The van der Waals surface area contributed by atoms with Crippen LogP contribution in [0, 0.1) is 5.92 Å². The van der Waals surface area contributed by atoms with Crippen molar-refractivity contribution in [3.05, 3.63) is 52.0 Å². The van der Waals surface area contributed by atoms with E-state index in [4.69, 9.17) is 0 Å². The van der Waals surface area contributed by atoms with Gasteiger partial charge in [-0.15, -0.1) is 11.3 Å². The number of rotatable bonds is 8. The summed E-state index contributed by atoms with van der Waals surface area (Å²) >= 11 is 1.89. The van der Waals surface area contributed by atoms with E-state index >= 15 is 0 Å². The summed E-state index contributed by atoms with van der Waals surface area (Å²) in [7, 11) is 2.22. The summed E-state index contributed by atoms with van der Waals surface area (Å²) in [6.45, 7) is 8.96. The van der Waals surface area contributed by atoms with E-state index in [0.29, 0.717) is 0 Å². The van der Waals surface area contributed by atoms with E-state index in [9.17, 15) is 0 Å². The average molecular weight is 329 g/mol. The molecule has 0 saturated heterocycles. The molecule has 3 heteroatoms. The maximum Gasteiger partial charge on any atom is 0.0342 e. The number of aromatic nitrogens is 1. The molecular weight excluding hydrogens is 300 g/mol. The summed E-state index contributed by atoms with van der Waals surface area (Å²) < 4.78 is 0. The van der Waals surface area contributed by atoms with Gasteiger partial charge in [-0.2, -0.15) is 0 Å². The molecular formula is C20H28N2S. The van der Waals surface area contributed by atoms with Gasteiger partial charge >= 0.3 is 0 Å². The molecule has 0 aromatic carbocycles. The minimum atomic E-state index is 0.803. The van der Waals surface area contributed by atoms with Crippen LogP contribution in [-0.4, -0.2) is 23.5 Å². The van der Waals surface area contributed by atoms with E-state index in [1.54, 1.807) is 0 Å². The highest BCUT2D eigenvalue weighted by Gasteiger charge is 2.05. The van der Waals surface area contributed by atoms with Crippen LogP contribution in [0.4, 0.5) is 0 Å². The lowest BCUT2D eigenvalue weighted by Crippen LogP contribution is -2.18. The van der Waals surface area contributed by atoms with E-state index in [0.717, 1.165) is 12.5 Å². The monoisotopic (exact) mass is 328 g/mol. The van der Waals surface area contributed by atoms with Crippen LogP contribution in [0.5, 0.6) is 0 Å². The predicted octanol–water partition coefficient (Wildman–Crippen LogP) is 5.57. The van der Waals surface area contributed by atoms with Crippen LogP contribution in [0.3, 0.4) is 0 Å². The predicted molar refractivity (Wildman–Crippen MR) is 103 cm³/mol. The molecule has 2 nitrogen and oxygen atoms in total. The third-order valence-electron chi connectivity index (χ3n) is 3.91. The third-order valence-corrected chi connectivity index (χ3v) is 4.92. The second-order valence-electron chi connectivity index (χ2n) is 6.65. The molecule has 0 fully saturated rings. The first-order chi connectivity index (χ1) is 11.0. The molecule has 0 aliphatic heterocycles. The lowest BCUT2D eigenvalue weighted by atomic mass is 10.1. The number of pyridine rings is 1. The summed E-state index contributed by atoms with van der Waals surface area (Å²) in [6.07, 6.45) is 8.58. The van der Waals surface area contributed by atoms with Gasteiger partial charge in [-0.05, 0) is 74.7 Å². The van der Waals surface area contributed by atoms with Crippen molar-refractivity contribution in [3.8, 4) is 0 Å². The quantitative estimate of drug-likeness (QED) is 0.629. The van der Waals surface area contributed by atoms with Crippen LogP contribution in [-0.2, 0) is 6.54 Å². The standard InChI is InChI=1S/C20H28N2S/c1-16(2)7-6-12-22(4)15-20-10-9-19(23-20)13-17(3)18-8-5-11-21-14-18/h5,8-11,13-14,16H,6-7,12,15H2,1-4H3/b17-13+. The van der Waals surface area contributed by atoms with E-state index in [-0.39, 0.29) is 0 Å². The SMILES string of the molecule is C/C(=C\c1ccc(CN(C)CCCC(C)C)s1)c1cccnc1. The van der Waals surface area contributed by atoms with Crippen molar-refractivity contribution in [2.75, 3.05) is 13.6 Å². The Hall–Kier alpha value is -1.45. The Kier molecular flexibility index (Phi) is 7.00. The smallest absolute Gasteiger partial charge is 0.0342 e. The van der Waals surface area contributed by atoms with Crippen molar-refractivity contribution in [1.82, 2.24) is 9.88 Å². The van der Waals surface area contributed by atoms with Gasteiger partial charge in [0.1, 0.15) is 0 Å². The van der Waals surface area contributed by atoms with Gasteiger partial charge in [-0.25, -0.2) is 0 Å². The first-order valence-electron chi connectivity index (χ1n) is 8.40. The topological polar surface area (TPSA) is 16.1 Å². The van der Waals surface area contributed by atoms with Crippen molar-refractivity contribution >= 4 is 23.0 Å². The average Bonchev–Trinajstić information content (AvgIpc) is 2.94. The second-order valence-corrected chi connectivity index (χ2v) is 7.85. The summed E-state index contributed by atoms with van der Waals surface area (Å²) in [5.74, 6) is 0.803. The third kappa shape index (κ3) is 6.28. The van der Waals surface area contributed by atoms with Crippen molar-refractivity contribution < 1.29 is 0 Å². The molecule has 0 atom stereocenters. The number of thiophene rings is 1. The zero-order valence-corrected chi connectivity index (χ0v) is 15.6. The lowest BCUT2D eigenvalue weighted by molar-refractivity contribution is 0.313. The first kappa shape index (κ1) is 17.9. The van der Waals surface area contributed by atoms with Crippen LogP contribution in [0.25, 0.3) is 11.6 Å². The molecule has 0 N–H and O–H groups in total. The van der Waals surface area contributed by atoms with Crippen LogP contribution >= 0.6 is 11.3 Å². The van der Waals surface area contributed by atoms with E-state index < -0.39 is 0 Å². The Morgan fingerprint density at radius 3 is 2.83 bits per heavy atom. The molecule has 0 radical (unpaired) electrons. The van der Waals surface area contributed by atoms with Crippen molar-refractivity contribution in [2.45, 2.75) is 40.2 Å². The number of hydrogen-bond donors (Lipinski definition) is 0. The zero-order valence-electron chi connectivity index (χ0n) is 14.7. The van der Waals surface area contributed by atoms with Crippen LogP contribution in [0.15, 0.2) is 36.7 Å². The number of hydrogen-bond acceptors (Lipinski definition) is 3. The Labute approximate surface area is 144 Å². The van der Waals surface area contributed by atoms with Crippen molar-refractivity contribution in [1.29, 1.82) is 0 Å². The molecule has 23 heavy (non-hydrogen) atoms. The molecule has 0 bridgehead atoms. The van der Waals surface area contributed by atoms with Gasteiger partial charge in [0.05, 0.1) is 0 Å². The summed E-state index contributed by atoms with van der Waals surface area (Å²) in [5, 5.41) is 0. The Balaban J connectivity index is 1.90. The van der Waals surface area contributed by atoms with Gasteiger partial charge in [-0.1, -0.05) is 19.9 Å². The molecule has 0 saturated carbocycles. The van der Waals surface area contributed by atoms with Crippen molar-refractivity contribution in [3.63, 3.8) is 0 Å². The molecule has 0 amide bonds. The fourth-order valence-electron chi connectivity index (χ4n) is 2.56. The minimum Gasteiger partial charge on any atom is -0.301 e. The molecule has 2 aromatic rings. The lowest BCUT2D eigenvalue weighted by Gasteiger charge is -2.16. The maximum atomic E-state index is 4.19. The number of nitrogens with zero attached hydrogens (tertiary/aromatic N) is 2. The molecule has 0 spiro atoms. The molecule has 124 valence electrons. The molecule has 2 aromatic heterocycles. The first-order valence-corrected chi connectivity index (χ1v) is 9.22. The van der Waals surface area contributed by atoms with Crippen LogP contribution in [0.1, 0.15) is 48.9 Å². The summed E-state index contributed by atoms with van der Waals surface area (Å²) in [4.78, 5) is 9.36. The fraction of sp³-hybridized carbons (Fsp3) is 0.450. The van der Waals surface area contributed by atoms with Gasteiger partial charge in [-0.3, -0.25) is 4.98 Å². The molecule has 2 rings (SSSR count). The van der Waals surface area contributed by atoms with Crippen LogP contribution < -0.4 is 0 Å². The molecule has 0 aliphatic carbocycles. The molecule has 0 unspecified atom stereocenters. The molecule has 0 aliphatic rings. The largest absolute Gasteiger partial charge is 0.301 e. The zero-order chi connectivity index (χ0) is 16.7. The fourth-order valence-corrected chi connectivity index (χ4v) is 3.66. The van der Waals surface area contributed by atoms with Gasteiger partial charge in [0.2, 0.25) is 0 Å². The maximum absolute atomic E-state index is 4.19. The summed E-state index contributed by atoms with van der Waals surface area (Å²) in [6, 6.07) is 8.57. The molecule has 2 heterocycles. The highest BCUT2D eigenvalue weighted by molar-refractivity contribution is 7.12. The Bertz CT molecular complexity index is 614. The number of allylic oxidation sites excluding steroid dienone is 1. The highest BCUT2D eigenvalue weighted by atomic mass is 32.1. The van der Waals surface area contributed by atoms with Gasteiger partial charge < -0.3 is 4.90 Å². The van der Waals surface area contributed by atoms with Crippen LogP contribution in [0.2, 0.25) is 0 Å². The van der Waals surface area contributed by atoms with Gasteiger partial charge in [0.15, 0.2) is 0 Å². The Morgan fingerprint density at radius 1 is 1.30 bits per heavy atom. The highest BCUT2D eigenvalue weighted by Crippen LogP contribution is 2.23. The van der Waals surface area contributed by atoms with Gasteiger partial charge in [0, 0.05) is 28.7 Å². The minimum absolute atomic E-state index is 0.803. The summed E-state index contributed by atoms with van der Waals surface area (Å²) in [5.41, 5.74) is 2.45. The van der Waals surface area contributed by atoms with E-state index in [1.807, 2.05) is 29.8 Å². The van der Waals surface area contributed by atoms with Crippen molar-refractivity contribution in [2.24, 2.45) is 5.92 Å². The van der Waals surface area contributed by atoms with Gasteiger partial charge in [0.25, 0.3) is 0 Å². The normalized spacial score (nSPS) is 12.3. The Morgan fingerprint density at radius 2 is 2.13 bits per heavy atom. The van der Waals surface area contributed by atoms with E-state index in [2.05, 4.69) is 62.0 Å².